The van der Waals surface area contributed by atoms with Crippen molar-refractivity contribution in [1.29, 1.82) is 5.26 Å². The van der Waals surface area contributed by atoms with Gasteiger partial charge in [-0.1, -0.05) is 12.1 Å². The molecule has 3 aromatic heterocycles. The molecule has 1 aliphatic carbocycles. The van der Waals surface area contributed by atoms with Gasteiger partial charge in [-0.25, -0.2) is 18.4 Å². The Kier molecular flexibility index (Phi) is 5.10. The Hall–Kier alpha value is -4.17. The monoisotopic (exact) mass is 475 g/mol. The smallest absolute Gasteiger partial charge is 0.277 e. The molecule has 1 aromatic carbocycles. The zero-order valence-electron chi connectivity index (χ0n) is 18.5. The summed E-state index contributed by atoms with van der Waals surface area (Å²) in [5.41, 5.74) is 2.00. The minimum atomic E-state index is -3.53. The molecule has 1 saturated carbocycles. The van der Waals surface area contributed by atoms with Gasteiger partial charge in [0, 0.05) is 19.4 Å². The van der Waals surface area contributed by atoms with E-state index in [1.165, 1.54) is 10.9 Å². The van der Waals surface area contributed by atoms with Gasteiger partial charge in [0.25, 0.3) is 5.56 Å². The van der Waals surface area contributed by atoms with Crippen LogP contribution < -0.4 is 16.2 Å². The number of benzene rings is 1. The number of fused-ring (bicyclic) bond motifs is 1. The van der Waals surface area contributed by atoms with Crippen LogP contribution in [0.2, 0.25) is 0 Å². The van der Waals surface area contributed by atoms with Crippen LogP contribution >= 0.6 is 0 Å². The molecule has 1 aliphatic rings. The van der Waals surface area contributed by atoms with Gasteiger partial charge in [0.2, 0.25) is 0 Å². The van der Waals surface area contributed by atoms with Gasteiger partial charge in [-0.15, -0.1) is 0 Å². The molecule has 0 spiro atoms. The number of rotatable bonds is 6. The lowest BCUT2D eigenvalue weighted by Crippen LogP contribution is -2.12. The summed E-state index contributed by atoms with van der Waals surface area (Å²) in [5.74, 6) is 1.15. The Morgan fingerprint density at radius 2 is 1.88 bits per heavy atom. The molecule has 0 saturated heterocycles. The van der Waals surface area contributed by atoms with E-state index in [1.54, 1.807) is 43.4 Å². The van der Waals surface area contributed by atoms with Crippen molar-refractivity contribution in [1.82, 2.24) is 19.7 Å². The fourth-order valence-electron chi connectivity index (χ4n) is 3.84. The number of nitriles is 1. The Labute approximate surface area is 195 Å². The largest absolute Gasteiger partial charge is 0.354 e. The number of hydrogen-bond donors (Lipinski definition) is 3. The second-order valence-corrected chi connectivity index (χ2v) is 10.3. The van der Waals surface area contributed by atoms with Gasteiger partial charge in [0.15, 0.2) is 15.5 Å². The maximum atomic E-state index is 12.8. The van der Waals surface area contributed by atoms with Crippen LogP contribution in [0.1, 0.15) is 30.0 Å². The van der Waals surface area contributed by atoms with Gasteiger partial charge in [-0.05, 0) is 48.6 Å². The van der Waals surface area contributed by atoms with Crippen molar-refractivity contribution in [2.45, 2.75) is 23.7 Å². The third-order valence-corrected chi connectivity index (χ3v) is 6.79. The van der Waals surface area contributed by atoms with Gasteiger partial charge in [0.1, 0.15) is 28.8 Å². The molecule has 4 aromatic rings. The van der Waals surface area contributed by atoms with Gasteiger partial charge in [0.05, 0.1) is 16.3 Å². The fourth-order valence-corrected chi connectivity index (χ4v) is 4.71. The highest BCUT2D eigenvalue weighted by molar-refractivity contribution is 7.90. The van der Waals surface area contributed by atoms with Crippen LogP contribution in [-0.2, 0) is 16.9 Å². The van der Waals surface area contributed by atoms with Crippen LogP contribution in [-0.4, -0.2) is 34.4 Å². The van der Waals surface area contributed by atoms with Gasteiger partial charge in [-0.3, -0.25) is 14.6 Å². The Morgan fingerprint density at radius 3 is 2.59 bits per heavy atom. The number of aryl methyl sites for hydroxylation is 1. The topological polar surface area (TPSA) is 146 Å². The second-order valence-electron chi connectivity index (χ2n) is 8.33. The quantitative estimate of drug-likeness (QED) is 0.385. The second kappa shape index (κ2) is 8.00. The highest BCUT2D eigenvalue weighted by Crippen LogP contribution is 2.42. The molecule has 3 N–H and O–H groups in total. The minimum absolute atomic E-state index is 0.173. The molecule has 0 atom stereocenters. The first kappa shape index (κ1) is 21.7. The highest BCUT2D eigenvalue weighted by atomic mass is 32.2. The summed E-state index contributed by atoms with van der Waals surface area (Å²) in [4.78, 5) is 21.6. The predicted molar refractivity (Wildman–Crippen MR) is 128 cm³/mol. The maximum absolute atomic E-state index is 12.8. The van der Waals surface area contributed by atoms with Gasteiger partial charge in [-0.2, -0.15) is 5.26 Å². The van der Waals surface area contributed by atoms with Crippen molar-refractivity contribution in [2.75, 3.05) is 16.9 Å². The third-order valence-electron chi connectivity index (χ3n) is 5.65. The van der Waals surface area contributed by atoms with Gasteiger partial charge >= 0.3 is 0 Å². The molecule has 11 heteroatoms. The first-order chi connectivity index (χ1) is 16.2. The van der Waals surface area contributed by atoms with Crippen LogP contribution in [0, 0.1) is 11.3 Å². The molecule has 0 unspecified atom stereocenters. The molecule has 10 nitrogen and oxygen atoms in total. The average molecular weight is 476 g/mol. The molecule has 172 valence electrons. The number of aromatic amines is 1. The first-order valence-corrected chi connectivity index (χ1v) is 12.5. The molecule has 0 radical (unpaired) electrons. The molecular weight excluding hydrogens is 454 g/mol. The normalized spacial score (nSPS) is 13.6. The van der Waals surface area contributed by atoms with E-state index in [4.69, 9.17) is 5.26 Å². The number of pyridine rings is 2. The first-order valence-electron chi connectivity index (χ1n) is 10.6. The molecule has 5 rings (SSSR count). The number of H-pyrrole nitrogens is 1. The van der Waals surface area contributed by atoms with E-state index in [0.29, 0.717) is 34.6 Å². The maximum Gasteiger partial charge on any atom is 0.277 e. The molecule has 0 bridgehead atoms. The SMILES string of the molecule is Cn1[nH]c2nc(Nc3cccc(C#N)n3)cc(Nc3ccc(C4CC4)cc3S(C)(=O)=O)c2c1=O. The van der Waals surface area contributed by atoms with Crippen molar-refractivity contribution in [3.05, 3.63) is 64.1 Å². The standard InChI is InChI=1S/C23H21N7O3S/c1-30-23(31)21-17(26-16-9-8-14(13-6-7-13)10-18(16)34(2,32)33)11-20(28-22(21)29-30)27-19-5-3-4-15(12-24)25-19/h3-5,8-11,13H,6-7H2,1-2H3,(H3,25,26,27,28,29). The summed E-state index contributed by atoms with van der Waals surface area (Å²) < 4.78 is 26.4. The molecule has 1 fully saturated rings. The third kappa shape index (κ3) is 4.11. The zero-order chi connectivity index (χ0) is 24.0. The van der Waals surface area contributed by atoms with Crippen molar-refractivity contribution in [3.8, 4) is 6.07 Å². The lowest BCUT2D eigenvalue weighted by Gasteiger charge is -2.14. The van der Waals surface area contributed by atoms with E-state index < -0.39 is 9.84 Å². The lowest BCUT2D eigenvalue weighted by molar-refractivity contribution is 0.602. The van der Waals surface area contributed by atoms with Crippen LogP contribution in [0.3, 0.4) is 0 Å². The van der Waals surface area contributed by atoms with Crippen molar-refractivity contribution >= 4 is 43.9 Å². The summed E-state index contributed by atoms with van der Waals surface area (Å²) in [7, 11) is -1.96. The Morgan fingerprint density at radius 1 is 1.09 bits per heavy atom. The summed E-state index contributed by atoms with van der Waals surface area (Å²) in [6, 6.07) is 13.9. The van der Waals surface area contributed by atoms with E-state index in [-0.39, 0.29) is 21.5 Å². The van der Waals surface area contributed by atoms with E-state index in [2.05, 4.69) is 25.7 Å². The lowest BCUT2D eigenvalue weighted by atomic mass is 10.1. The number of aromatic nitrogens is 4. The van der Waals surface area contributed by atoms with Crippen LogP contribution in [0.5, 0.6) is 0 Å². The predicted octanol–water partition coefficient (Wildman–Crippen LogP) is 3.30. The van der Waals surface area contributed by atoms with Crippen LogP contribution in [0.25, 0.3) is 11.0 Å². The van der Waals surface area contributed by atoms with E-state index >= 15 is 0 Å². The molecular formula is C23H21N7O3S. The van der Waals surface area contributed by atoms with Crippen molar-refractivity contribution in [3.63, 3.8) is 0 Å². The summed E-state index contributed by atoms with van der Waals surface area (Å²) >= 11 is 0. The summed E-state index contributed by atoms with van der Waals surface area (Å²) in [6.45, 7) is 0. The summed E-state index contributed by atoms with van der Waals surface area (Å²) in [5, 5.41) is 18.5. The number of nitrogens with zero attached hydrogens (tertiary/aromatic N) is 4. The Bertz CT molecular complexity index is 1640. The molecule has 34 heavy (non-hydrogen) atoms. The molecule has 0 aliphatic heterocycles. The van der Waals surface area contributed by atoms with Crippen molar-refractivity contribution < 1.29 is 8.42 Å². The van der Waals surface area contributed by atoms with Crippen LogP contribution in [0.15, 0.2) is 52.2 Å². The number of anilines is 4. The number of sulfone groups is 1. The minimum Gasteiger partial charge on any atom is -0.354 e. The van der Waals surface area contributed by atoms with E-state index in [1.807, 2.05) is 12.1 Å². The average Bonchev–Trinajstić information content (AvgIpc) is 3.59. The Balaban J connectivity index is 1.61. The highest BCUT2D eigenvalue weighted by Gasteiger charge is 2.26. The molecule has 3 heterocycles. The fraction of sp³-hybridized carbons (Fsp3) is 0.217. The zero-order valence-corrected chi connectivity index (χ0v) is 19.3. The molecule has 0 amide bonds. The van der Waals surface area contributed by atoms with E-state index in [9.17, 15) is 13.2 Å². The van der Waals surface area contributed by atoms with Crippen molar-refractivity contribution in [2.24, 2.45) is 7.05 Å². The number of hydrogen-bond acceptors (Lipinski definition) is 8. The van der Waals surface area contributed by atoms with Gasteiger partial charge < -0.3 is 10.6 Å². The number of nitrogens with one attached hydrogen (secondary N) is 3. The van der Waals surface area contributed by atoms with Crippen LogP contribution in [0.4, 0.5) is 23.0 Å². The van der Waals surface area contributed by atoms with E-state index in [0.717, 1.165) is 18.4 Å². The summed E-state index contributed by atoms with van der Waals surface area (Å²) in [6.07, 6.45) is 3.27.